The number of pyridine rings is 1. The Morgan fingerprint density at radius 1 is 1.00 bits per heavy atom. The molecule has 0 unspecified atom stereocenters. The molecule has 0 atom stereocenters. The second kappa shape index (κ2) is 9.57. The van der Waals surface area contributed by atoms with E-state index in [1.165, 1.54) is 18.2 Å². The minimum atomic E-state index is -3.91. The molecule has 0 spiro atoms. The fraction of sp³-hybridized carbons (Fsp3) is 0.214. The zero-order chi connectivity index (χ0) is 26.2. The lowest BCUT2D eigenvalue weighted by Gasteiger charge is -2.38. The molecule has 2 heterocycles. The molecule has 1 aliphatic rings. The van der Waals surface area contributed by atoms with Gasteiger partial charge in [-0.05, 0) is 61.7 Å². The highest BCUT2D eigenvalue weighted by Gasteiger charge is 2.37. The molecule has 3 aromatic carbocycles. The standard InChI is InChI=1S/C28H26FN3O4S/c1-19-5-2-8-23(25(19)29)28(34)14-17-32(18-15-28)27(33)21-10-12-22(13-11-21)31-37(35,36)24-9-3-6-20-7-4-16-30-26(20)24/h2-13,16,31,34H,14-15,17-18H2,1H3. The van der Waals surface area contributed by atoms with Gasteiger partial charge >= 0.3 is 0 Å². The van der Waals surface area contributed by atoms with E-state index in [0.717, 1.165) is 0 Å². The number of piperidine rings is 1. The predicted molar refractivity (Wildman–Crippen MR) is 139 cm³/mol. The van der Waals surface area contributed by atoms with Crippen LogP contribution in [0, 0.1) is 12.7 Å². The average molecular weight is 520 g/mol. The summed E-state index contributed by atoms with van der Waals surface area (Å²) in [6.07, 6.45) is 1.98. The maximum atomic E-state index is 14.6. The normalized spacial score (nSPS) is 15.5. The number of amides is 1. The van der Waals surface area contributed by atoms with Crippen LogP contribution in [-0.2, 0) is 15.6 Å². The molecule has 1 amide bonds. The van der Waals surface area contributed by atoms with E-state index < -0.39 is 21.4 Å². The van der Waals surface area contributed by atoms with Crippen molar-refractivity contribution in [1.29, 1.82) is 0 Å². The van der Waals surface area contributed by atoms with Crippen LogP contribution in [0.2, 0.25) is 0 Å². The summed E-state index contributed by atoms with van der Waals surface area (Å²) < 4.78 is 43.2. The molecule has 0 radical (unpaired) electrons. The van der Waals surface area contributed by atoms with Gasteiger partial charge in [0, 0.05) is 41.5 Å². The molecule has 1 aromatic heterocycles. The third kappa shape index (κ3) is 4.80. The van der Waals surface area contributed by atoms with Crippen LogP contribution >= 0.6 is 0 Å². The van der Waals surface area contributed by atoms with Crippen molar-refractivity contribution in [3.8, 4) is 0 Å². The number of sulfonamides is 1. The summed E-state index contributed by atoms with van der Waals surface area (Å²) in [5.41, 5.74) is 0.481. The SMILES string of the molecule is Cc1cccc(C2(O)CCN(C(=O)c3ccc(NS(=O)(=O)c4cccc5cccnc45)cc3)CC2)c1F. The van der Waals surface area contributed by atoms with Gasteiger partial charge in [-0.25, -0.2) is 12.8 Å². The first kappa shape index (κ1) is 24.9. The molecule has 0 bridgehead atoms. The monoisotopic (exact) mass is 519 g/mol. The van der Waals surface area contributed by atoms with Gasteiger partial charge in [0.2, 0.25) is 0 Å². The molecule has 5 rings (SSSR count). The number of likely N-dealkylation sites (tertiary alicyclic amines) is 1. The van der Waals surface area contributed by atoms with Crippen molar-refractivity contribution in [3.63, 3.8) is 0 Å². The van der Waals surface area contributed by atoms with Gasteiger partial charge in [0.25, 0.3) is 15.9 Å². The van der Waals surface area contributed by atoms with Gasteiger partial charge in [0.1, 0.15) is 10.7 Å². The van der Waals surface area contributed by atoms with Crippen LogP contribution in [0.25, 0.3) is 10.9 Å². The highest BCUT2D eigenvalue weighted by atomic mass is 32.2. The number of carbonyl (C=O) groups is 1. The zero-order valence-electron chi connectivity index (χ0n) is 20.2. The number of nitrogens with zero attached hydrogens (tertiary/aromatic N) is 2. The molecule has 7 nitrogen and oxygen atoms in total. The lowest BCUT2D eigenvalue weighted by atomic mass is 9.83. The number of aryl methyl sites for hydroxylation is 1. The number of para-hydroxylation sites is 1. The minimum Gasteiger partial charge on any atom is -0.385 e. The van der Waals surface area contributed by atoms with E-state index in [-0.39, 0.29) is 42.3 Å². The Labute approximate surface area is 214 Å². The topological polar surface area (TPSA) is 99.6 Å². The van der Waals surface area contributed by atoms with Crippen molar-refractivity contribution in [1.82, 2.24) is 9.88 Å². The van der Waals surface area contributed by atoms with Crippen LogP contribution in [0.3, 0.4) is 0 Å². The quantitative estimate of drug-likeness (QED) is 0.401. The van der Waals surface area contributed by atoms with Crippen molar-refractivity contribution in [2.24, 2.45) is 0 Å². The van der Waals surface area contributed by atoms with Crippen LogP contribution < -0.4 is 4.72 Å². The van der Waals surface area contributed by atoms with Gasteiger partial charge in [0.15, 0.2) is 0 Å². The Balaban J connectivity index is 1.27. The number of aliphatic hydroxyl groups is 1. The summed E-state index contributed by atoms with van der Waals surface area (Å²) in [6.45, 7) is 2.19. The van der Waals surface area contributed by atoms with Crippen molar-refractivity contribution < 1.29 is 22.7 Å². The number of halogens is 1. The number of hydrogen-bond acceptors (Lipinski definition) is 5. The molecule has 4 aromatic rings. The summed E-state index contributed by atoms with van der Waals surface area (Å²) in [6, 6.07) is 19.6. The molecule has 2 N–H and O–H groups in total. The van der Waals surface area contributed by atoms with Gasteiger partial charge in [-0.2, -0.15) is 0 Å². The Morgan fingerprint density at radius 2 is 1.68 bits per heavy atom. The largest absolute Gasteiger partial charge is 0.385 e. The number of anilines is 1. The van der Waals surface area contributed by atoms with Gasteiger partial charge in [0.05, 0.1) is 11.1 Å². The smallest absolute Gasteiger partial charge is 0.264 e. The number of carbonyl (C=O) groups excluding carboxylic acids is 1. The Kier molecular flexibility index (Phi) is 6.43. The maximum absolute atomic E-state index is 14.6. The van der Waals surface area contributed by atoms with Gasteiger partial charge in [-0.3, -0.25) is 14.5 Å². The van der Waals surface area contributed by atoms with Gasteiger partial charge < -0.3 is 10.0 Å². The molecule has 37 heavy (non-hydrogen) atoms. The van der Waals surface area contributed by atoms with Crippen molar-refractivity contribution in [2.75, 3.05) is 17.8 Å². The highest BCUT2D eigenvalue weighted by Crippen LogP contribution is 2.35. The summed E-state index contributed by atoms with van der Waals surface area (Å²) in [5, 5.41) is 11.8. The van der Waals surface area contributed by atoms with Crippen LogP contribution in [0.1, 0.15) is 34.3 Å². The van der Waals surface area contributed by atoms with E-state index in [2.05, 4.69) is 9.71 Å². The minimum absolute atomic E-state index is 0.0663. The van der Waals surface area contributed by atoms with Crippen LogP contribution in [0.4, 0.5) is 10.1 Å². The Bertz CT molecular complexity index is 1580. The molecule has 0 aliphatic carbocycles. The number of fused-ring (bicyclic) bond motifs is 1. The zero-order valence-corrected chi connectivity index (χ0v) is 21.0. The lowest BCUT2D eigenvalue weighted by Crippen LogP contribution is -2.45. The number of benzene rings is 3. The molecule has 190 valence electrons. The Morgan fingerprint density at radius 3 is 2.41 bits per heavy atom. The van der Waals surface area contributed by atoms with Crippen molar-refractivity contribution in [2.45, 2.75) is 30.3 Å². The molecule has 9 heteroatoms. The molecule has 0 saturated carbocycles. The molecule has 1 fully saturated rings. The van der Waals surface area contributed by atoms with E-state index in [1.807, 2.05) is 0 Å². The molecular formula is C28H26FN3O4S. The number of aromatic nitrogens is 1. The lowest BCUT2D eigenvalue weighted by molar-refractivity contribution is -0.0236. The van der Waals surface area contributed by atoms with Crippen LogP contribution in [-0.4, -0.2) is 42.4 Å². The average Bonchev–Trinajstić information content (AvgIpc) is 2.90. The van der Waals surface area contributed by atoms with Crippen molar-refractivity contribution >= 4 is 32.5 Å². The van der Waals surface area contributed by atoms with E-state index in [1.54, 1.807) is 72.6 Å². The predicted octanol–water partition coefficient (Wildman–Crippen LogP) is 4.61. The first-order chi connectivity index (χ1) is 17.7. The second-order valence-corrected chi connectivity index (χ2v) is 10.9. The fourth-order valence-corrected chi connectivity index (χ4v) is 5.96. The first-order valence-corrected chi connectivity index (χ1v) is 13.4. The summed E-state index contributed by atoms with van der Waals surface area (Å²) in [5.74, 6) is -0.651. The van der Waals surface area contributed by atoms with E-state index in [9.17, 15) is 22.7 Å². The highest BCUT2D eigenvalue weighted by molar-refractivity contribution is 7.93. The van der Waals surface area contributed by atoms with E-state index >= 15 is 0 Å². The number of nitrogens with one attached hydrogen (secondary N) is 1. The van der Waals surface area contributed by atoms with Gasteiger partial charge in [-0.1, -0.05) is 36.4 Å². The number of rotatable bonds is 5. The van der Waals surface area contributed by atoms with Crippen LogP contribution in [0.15, 0.2) is 83.9 Å². The summed E-state index contributed by atoms with van der Waals surface area (Å²) >= 11 is 0. The fourth-order valence-electron chi connectivity index (χ4n) is 4.72. The number of hydrogen-bond donors (Lipinski definition) is 2. The van der Waals surface area contributed by atoms with Crippen molar-refractivity contribution in [3.05, 3.63) is 102 Å². The summed E-state index contributed by atoms with van der Waals surface area (Å²) in [4.78, 5) is 18.9. The third-order valence-corrected chi connectivity index (χ3v) is 8.25. The molecular weight excluding hydrogens is 493 g/mol. The first-order valence-electron chi connectivity index (χ1n) is 11.9. The second-order valence-electron chi connectivity index (χ2n) is 9.27. The molecule has 1 aliphatic heterocycles. The summed E-state index contributed by atoms with van der Waals surface area (Å²) in [7, 11) is -3.91. The maximum Gasteiger partial charge on any atom is 0.264 e. The molecule has 1 saturated heterocycles. The van der Waals surface area contributed by atoms with E-state index in [0.29, 0.717) is 27.7 Å². The third-order valence-electron chi connectivity index (χ3n) is 6.84. The van der Waals surface area contributed by atoms with Gasteiger partial charge in [-0.15, -0.1) is 0 Å². The van der Waals surface area contributed by atoms with Crippen LogP contribution in [0.5, 0.6) is 0 Å². The van der Waals surface area contributed by atoms with E-state index in [4.69, 9.17) is 0 Å². The Hall–Kier alpha value is -3.82.